The second-order valence-electron chi connectivity index (χ2n) is 3.37. The van der Waals surface area contributed by atoms with Crippen LogP contribution in [-0.2, 0) is 11.3 Å². The summed E-state index contributed by atoms with van der Waals surface area (Å²) < 4.78 is 7.72. The fourth-order valence-corrected chi connectivity index (χ4v) is 2.71. The number of nitrogens with zero attached hydrogens (tertiary/aromatic N) is 1. The van der Waals surface area contributed by atoms with Crippen LogP contribution in [0.4, 0.5) is 4.79 Å². The second-order valence-corrected chi connectivity index (χ2v) is 5.14. The standard InChI is InChI=1S/C9H8Br2N2O3/c10-5-1-7(11)8(14)13(3-5)4-6-2-12-9(15)16-6/h1,3,6H,2,4H2,(H,12,15). The van der Waals surface area contributed by atoms with Crippen molar-refractivity contribution >= 4 is 38.0 Å². The number of hydrogen-bond acceptors (Lipinski definition) is 3. The molecule has 0 aromatic carbocycles. The fraction of sp³-hybridized carbons (Fsp3) is 0.333. The molecule has 1 N–H and O–H groups in total. The number of aromatic nitrogens is 1. The van der Waals surface area contributed by atoms with E-state index >= 15 is 0 Å². The Morgan fingerprint density at radius 3 is 2.88 bits per heavy atom. The van der Waals surface area contributed by atoms with Crippen molar-refractivity contribution in [3.63, 3.8) is 0 Å². The highest BCUT2D eigenvalue weighted by molar-refractivity contribution is 9.11. The van der Waals surface area contributed by atoms with Crippen LogP contribution in [0.2, 0.25) is 0 Å². The van der Waals surface area contributed by atoms with Gasteiger partial charge < -0.3 is 14.6 Å². The maximum Gasteiger partial charge on any atom is 0.407 e. The molecule has 0 bridgehead atoms. The Hall–Kier alpha value is -0.820. The van der Waals surface area contributed by atoms with Gasteiger partial charge in [0, 0.05) is 10.7 Å². The quantitative estimate of drug-likeness (QED) is 0.878. The molecular formula is C9H8Br2N2O3. The van der Waals surface area contributed by atoms with Gasteiger partial charge >= 0.3 is 6.09 Å². The van der Waals surface area contributed by atoms with E-state index in [-0.39, 0.29) is 11.7 Å². The number of carbonyl (C=O) groups is 1. The molecule has 0 aliphatic carbocycles. The lowest BCUT2D eigenvalue weighted by molar-refractivity contribution is 0.130. The molecular weight excluding hydrogens is 344 g/mol. The SMILES string of the molecule is O=C1NCC(Cn2cc(Br)cc(Br)c2=O)O1. The normalized spacial score (nSPS) is 19.4. The van der Waals surface area contributed by atoms with Crippen LogP contribution in [-0.4, -0.2) is 23.3 Å². The van der Waals surface area contributed by atoms with Crippen LogP contribution in [0.5, 0.6) is 0 Å². The molecule has 1 amide bonds. The first-order valence-electron chi connectivity index (χ1n) is 4.56. The highest BCUT2D eigenvalue weighted by atomic mass is 79.9. The third-order valence-electron chi connectivity index (χ3n) is 2.16. The summed E-state index contributed by atoms with van der Waals surface area (Å²) in [6.07, 6.45) is 0.928. The van der Waals surface area contributed by atoms with E-state index < -0.39 is 6.09 Å². The van der Waals surface area contributed by atoms with Crippen LogP contribution in [0, 0.1) is 0 Å². The number of halogens is 2. The van der Waals surface area contributed by atoms with Gasteiger partial charge in [0.2, 0.25) is 0 Å². The van der Waals surface area contributed by atoms with Crippen molar-refractivity contribution in [1.29, 1.82) is 0 Å². The summed E-state index contributed by atoms with van der Waals surface area (Å²) >= 11 is 6.47. The summed E-state index contributed by atoms with van der Waals surface area (Å²) in [7, 11) is 0. The molecule has 1 aromatic heterocycles. The Balaban J connectivity index is 2.21. The minimum atomic E-state index is -0.438. The Morgan fingerprint density at radius 1 is 1.50 bits per heavy atom. The highest BCUT2D eigenvalue weighted by Gasteiger charge is 2.23. The molecule has 2 rings (SSSR count). The summed E-state index contributed by atoms with van der Waals surface area (Å²) in [6, 6.07) is 1.68. The highest BCUT2D eigenvalue weighted by Crippen LogP contribution is 2.13. The van der Waals surface area contributed by atoms with Gasteiger partial charge in [-0.3, -0.25) is 4.79 Å². The fourth-order valence-electron chi connectivity index (χ4n) is 1.45. The van der Waals surface area contributed by atoms with Gasteiger partial charge in [-0.05, 0) is 37.9 Å². The van der Waals surface area contributed by atoms with Crippen molar-refractivity contribution < 1.29 is 9.53 Å². The minimum Gasteiger partial charge on any atom is -0.442 e. The molecule has 1 saturated heterocycles. The number of cyclic esters (lactones) is 1. The van der Waals surface area contributed by atoms with Gasteiger partial charge in [0.15, 0.2) is 0 Å². The van der Waals surface area contributed by atoms with Crippen molar-refractivity contribution in [2.45, 2.75) is 12.6 Å². The van der Waals surface area contributed by atoms with Gasteiger partial charge in [-0.25, -0.2) is 4.79 Å². The van der Waals surface area contributed by atoms with Crippen molar-refractivity contribution in [2.75, 3.05) is 6.54 Å². The number of nitrogens with one attached hydrogen (secondary N) is 1. The van der Waals surface area contributed by atoms with Crippen molar-refractivity contribution in [3.05, 3.63) is 31.6 Å². The van der Waals surface area contributed by atoms with Gasteiger partial charge in [-0.15, -0.1) is 0 Å². The average molecular weight is 352 g/mol. The summed E-state index contributed by atoms with van der Waals surface area (Å²) in [6.45, 7) is 0.769. The zero-order valence-corrected chi connectivity index (χ0v) is 11.2. The Morgan fingerprint density at radius 2 is 2.25 bits per heavy atom. The van der Waals surface area contributed by atoms with E-state index in [9.17, 15) is 9.59 Å². The first-order valence-corrected chi connectivity index (χ1v) is 6.15. The van der Waals surface area contributed by atoms with Gasteiger partial charge in [-0.1, -0.05) is 0 Å². The second kappa shape index (κ2) is 4.58. The summed E-state index contributed by atoms with van der Waals surface area (Å²) in [5, 5.41) is 2.54. The molecule has 16 heavy (non-hydrogen) atoms. The lowest BCUT2D eigenvalue weighted by Gasteiger charge is -2.11. The van der Waals surface area contributed by atoms with E-state index in [0.717, 1.165) is 4.47 Å². The summed E-state index contributed by atoms with van der Waals surface area (Å²) in [4.78, 5) is 22.5. The van der Waals surface area contributed by atoms with E-state index in [2.05, 4.69) is 37.2 Å². The number of ether oxygens (including phenoxy) is 1. The number of hydrogen-bond donors (Lipinski definition) is 1. The molecule has 5 nitrogen and oxygen atoms in total. The summed E-state index contributed by atoms with van der Waals surface area (Å²) in [5.74, 6) is 0. The van der Waals surface area contributed by atoms with Crippen LogP contribution >= 0.6 is 31.9 Å². The molecule has 0 saturated carbocycles. The van der Waals surface area contributed by atoms with E-state index in [1.165, 1.54) is 4.57 Å². The number of pyridine rings is 1. The van der Waals surface area contributed by atoms with Crippen molar-refractivity contribution in [1.82, 2.24) is 9.88 Å². The van der Waals surface area contributed by atoms with Gasteiger partial charge in [0.25, 0.3) is 5.56 Å². The third kappa shape index (κ3) is 2.46. The molecule has 1 unspecified atom stereocenters. The van der Waals surface area contributed by atoms with E-state index in [0.29, 0.717) is 17.6 Å². The lowest BCUT2D eigenvalue weighted by atomic mass is 10.3. The molecule has 0 spiro atoms. The predicted molar refractivity (Wildman–Crippen MR) is 64.4 cm³/mol. The first-order chi connectivity index (χ1) is 7.56. The molecule has 0 radical (unpaired) electrons. The van der Waals surface area contributed by atoms with Gasteiger partial charge in [0.05, 0.1) is 17.6 Å². The zero-order valence-electron chi connectivity index (χ0n) is 8.07. The van der Waals surface area contributed by atoms with Crippen molar-refractivity contribution in [3.8, 4) is 0 Å². The minimum absolute atomic E-state index is 0.147. The van der Waals surface area contributed by atoms with E-state index in [1.54, 1.807) is 12.3 Å². The maximum atomic E-state index is 11.7. The molecule has 1 aromatic rings. The van der Waals surface area contributed by atoms with Crippen LogP contribution in [0.1, 0.15) is 0 Å². The van der Waals surface area contributed by atoms with Crippen LogP contribution < -0.4 is 10.9 Å². The Bertz CT molecular complexity index is 486. The van der Waals surface area contributed by atoms with E-state index in [1.807, 2.05) is 0 Å². The Labute approximate surface area is 108 Å². The molecule has 86 valence electrons. The molecule has 2 heterocycles. The van der Waals surface area contributed by atoms with Crippen LogP contribution in [0.25, 0.3) is 0 Å². The van der Waals surface area contributed by atoms with Crippen LogP contribution in [0.15, 0.2) is 26.0 Å². The smallest absolute Gasteiger partial charge is 0.407 e. The number of rotatable bonds is 2. The number of alkyl carbamates (subject to hydrolysis) is 1. The molecule has 7 heteroatoms. The molecule has 1 atom stereocenters. The van der Waals surface area contributed by atoms with Gasteiger partial charge in [-0.2, -0.15) is 0 Å². The van der Waals surface area contributed by atoms with E-state index in [4.69, 9.17) is 4.74 Å². The topological polar surface area (TPSA) is 60.3 Å². The predicted octanol–water partition coefficient (Wildman–Crippen LogP) is 1.48. The molecule has 1 aliphatic heterocycles. The Kier molecular flexibility index (Phi) is 3.34. The third-order valence-corrected chi connectivity index (χ3v) is 3.16. The lowest BCUT2D eigenvalue weighted by Crippen LogP contribution is -2.28. The largest absolute Gasteiger partial charge is 0.442 e. The van der Waals surface area contributed by atoms with Gasteiger partial charge in [0.1, 0.15) is 6.10 Å². The number of amides is 1. The van der Waals surface area contributed by atoms with Crippen molar-refractivity contribution in [2.24, 2.45) is 0 Å². The zero-order chi connectivity index (χ0) is 11.7. The monoisotopic (exact) mass is 350 g/mol. The average Bonchev–Trinajstić information content (AvgIpc) is 2.60. The molecule has 1 fully saturated rings. The maximum absolute atomic E-state index is 11.7. The molecule has 1 aliphatic rings. The first kappa shape index (κ1) is 11.7. The number of carbonyl (C=O) groups excluding carboxylic acids is 1. The summed E-state index contributed by atoms with van der Waals surface area (Å²) in [5.41, 5.74) is -0.147. The van der Waals surface area contributed by atoms with Crippen LogP contribution in [0.3, 0.4) is 0 Å².